The van der Waals surface area contributed by atoms with Crippen LogP contribution in [0.1, 0.15) is 12.0 Å². The van der Waals surface area contributed by atoms with Gasteiger partial charge in [0.25, 0.3) is 5.56 Å². The quantitative estimate of drug-likeness (QED) is 0.511. The summed E-state index contributed by atoms with van der Waals surface area (Å²) in [4.78, 5) is 26.8. The molecule has 0 aliphatic carbocycles. The monoisotopic (exact) mass is 471 g/mol. The molecule has 4 rings (SSSR count). The van der Waals surface area contributed by atoms with E-state index in [0.29, 0.717) is 25.3 Å². The van der Waals surface area contributed by atoms with Crippen molar-refractivity contribution in [3.8, 4) is 11.1 Å². The number of likely N-dealkylation sites (N-methyl/N-ethyl adjacent to an activating group) is 1. The summed E-state index contributed by atoms with van der Waals surface area (Å²) >= 11 is 1.17. The fourth-order valence-electron chi connectivity index (χ4n) is 3.41. The van der Waals surface area contributed by atoms with Gasteiger partial charge in [-0.1, -0.05) is 12.1 Å². The zero-order valence-corrected chi connectivity index (χ0v) is 17.9. The summed E-state index contributed by atoms with van der Waals surface area (Å²) in [6.45, 7) is 1.22. The first-order valence-corrected chi connectivity index (χ1v) is 10.7. The lowest BCUT2D eigenvalue weighted by Gasteiger charge is -2.19. The van der Waals surface area contributed by atoms with E-state index in [9.17, 15) is 27.2 Å². The zero-order chi connectivity index (χ0) is 23.5. The second-order valence-corrected chi connectivity index (χ2v) is 8.07. The fourth-order valence-corrected chi connectivity index (χ4v) is 4.62. The summed E-state index contributed by atoms with van der Waals surface area (Å²) in [7, 11) is 1.80. The third-order valence-corrected chi connectivity index (χ3v) is 5.99. The number of aliphatic hydroxyl groups is 1. The Morgan fingerprint density at radius 2 is 1.91 bits per heavy atom. The Kier molecular flexibility index (Phi) is 7.42. The topological polar surface area (TPSA) is 87.1 Å². The molecule has 0 unspecified atom stereocenters. The maximum Gasteiger partial charge on any atom is 0.417 e. The van der Waals surface area contributed by atoms with Gasteiger partial charge in [-0.3, -0.25) is 14.3 Å². The highest BCUT2D eigenvalue weighted by Gasteiger charge is 2.37. The van der Waals surface area contributed by atoms with Crippen molar-refractivity contribution in [1.29, 1.82) is 0 Å². The molecule has 2 heterocycles. The number of alkyl halides is 3. The van der Waals surface area contributed by atoms with Crippen LogP contribution in [0.4, 0.5) is 17.6 Å². The molecule has 2 aromatic carbocycles. The SMILES string of the molecule is CNCCO.O=c1[nH]c(=O)n2c3c(c(-c4ccc(F)cc4)c(C(F)(F)F)cc13)SCCC2. The number of aryl methyl sites for hydroxylation is 1. The molecule has 0 fully saturated rings. The van der Waals surface area contributed by atoms with E-state index >= 15 is 0 Å². The van der Waals surface area contributed by atoms with Crippen molar-refractivity contribution in [2.75, 3.05) is 26.0 Å². The van der Waals surface area contributed by atoms with Gasteiger partial charge in [-0.2, -0.15) is 13.2 Å². The molecular weight excluding hydrogens is 450 g/mol. The number of aromatic nitrogens is 2. The predicted molar refractivity (Wildman–Crippen MR) is 116 cm³/mol. The van der Waals surface area contributed by atoms with Crippen molar-refractivity contribution >= 4 is 22.7 Å². The van der Waals surface area contributed by atoms with E-state index < -0.39 is 28.8 Å². The summed E-state index contributed by atoms with van der Waals surface area (Å²) in [6.07, 6.45) is -4.17. The van der Waals surface area contributed by atoms with Gasteiger partial charge in [0.15, 0.2) is 0 Å². The number of nitrogens with zero attached hydrogens (tertiary/aromatic N) is 1. The number of aliphatic hydroxyl groups excluding tert-OH is 1. The molecule has 32 heavy (non-hydrogen) atoms. The molecule has 172 valence electrons. The van der Waals surface area contributed by atoms with E-state index in [0.717, 1.165) is 18.2 Å². The molecule has 3 N–H and O–H groups in total. The minimum absolute atomic E-state index is 0.138. The van der Waals surface area contributed by atoms with E-state index in [2.05, 4.69) is 10.3 Å². The molecule has 0 saturated heterocycles. The van der Waals surface area contributed by atoms with Crippen molar-refractivity contribution < 1.29 is 22.7 Å². The summed E-state index contributed by atoms with van der Waals surface area (Å²) in [6, 6.07) is 5.47. The average Bonchev–Trinajstić information content (AvgIpc) is 2.96. The van der Waals surface area contributed by atoms with Crippen LogP contribution in [-0.4, -0.2) is 40.6 Å². The lowest BCUT2D eigenvalue weighted by molar-refractivity contribution is -0.137. The van der Waals surface area contributed by atoms with Gasteiger partial charge in [-0.25, -0.2) is 9.18 Å². The second kappa shape index (κ2) is 9.88. The van der Waals surface area contributed by atoms with Gasteiger partial charge >= 0.3 is 11.9 Å². The van der Waals surface area contributed by atoms with E-state index in [4.69, 9.17) is 5.11 Å². The van der Waals surface area contributed by atoms with Crippen LogP contribution in [-0.2, 0) is 12.7 Å². The van der Waals surface area contributed by atoms with Crippen LogP contribution >= 0.6 is 11.8 Å². The van der Waals surface area contributed by atoms with Crippen LogP contribution in [0.25, 0.3) is 22.0 Å². The molecule has 6 nitrogen and oxygen atoms in total. The first kappa shape index (κ1) is 24.0. The third kappa shape index (κ3) is 4.89. The number of H-pyrrole nitrogens is 1. The van der Waals surface area contributed by atoms with Crippen molar-refractivity contribution in [3.05, 3.63) is 62.6 Å². The molecule has 0 atom stereocenters. The number of benzene rings is 2. The molecule has 1 aliphatic heterocycles. The van der Waals surface area contributed by atoms with Crippen LogP contribution in [0.5, 0.6) is 0 Å². The Balaban J connectivity index is 0.000000523. The second-order valence-electron chi connectivity index (χ2n) is 6.97. The van der Waals surface area contributed by atoms with Crippen molar-refractivity contribution in [2.24, 2.45) is 0 Å². The minimum Gasteiger partial charge on any atom is -0.395 e. The van der Waals surface area contributed by atoms with E-state index in [1.807, 2.05) is 0 Å². The van der Waals surface area contributed by atoms with Crippen molar-refractivity contribution in [2.45, 2.75) is 24.0 Å². The highest BCUT2D eigenvalue weighted by atomic mass is 32.2. The van der Waals surface area contributed by atoms with E-state index in [1.165, 1.54) is 28.5 Å². The summed E-state index contributed by atoms with van der Waals surface area (Å²) in [5, 5.41) is 10.6. The van der Waals surface area contributed by atoms with Crippen LogP contribution in [0.15, 0.2) is 44.8 Å². The van der Waals surface area contributed by atoms with Gasteiger partial charge in [0.05, 0.1) is 23.1 Å². The van der Waals surface area contributed by atoms with E-state index in [1.54, 1.807) is 7.05 Å². The molecule has 1 aliphatic rings. The smallest absolute Gasteiger partial charge is 0.395 e. The van der Waals surface area contributed by atoms with Gasteiger partial charge < -0.3 is 10.4 Å². The predicted octanol–water partition coefficient (Wildman–Crippen LogP) is 3.21. The molecule has 0 radical (unpaired) electrons. The summed E-state index contributed by atoms with van der Waals surface area (Å²) < 4.78 is 56.1. The number of hydrogen-bond acceptors (Lipinski definition) is 5. The lowest BCUT2D eigenvalue weighted by Crippen LogP contribution is -2.30. The minimum atomic E-state index is -4.73. The van der Waals surface area contributed by atoms with Gasteiger partial charge in [0.1, 0.15) is 5.82 Å². The highest BCUT2D eigenvalue weighted by Crippen LogP contribution is 2.46. The number of hydrogen-bond donors (Lipinski definition) is 3. The largest absolute Gasteiger partial charge is 0.417 e. The van der Waals surface area contributed by atoms with Crippen LogP contribution in [0.3, 0.4) is 0 Å². The molecule has 11 heteroatoms. The molecule has 3 aromatic rings. The summed E-state index contributed by atoms with van der Waals surface area (Å²) in [5.41, 5.74) is -2.26. The van der Waals surface area contributed by atoms with Gasteiger partial charge in [0.2, 0.25) is 0 Å². The molecule has 1 aromatic heterocycles. The molecule has 0 amide bonds. The first-order valence-electron chi connectivity index (χ1n) is 9.74. The van der Waals surface area contributed by atoms with Gasteiger partial charge in [-0.15, -0.1) is 11.8 Å². The third-order valence-electron chi connectivity index (χ3n) is 4.81. The number of thioether (sulfide) groups is 1. The maximum absolute atomic E-state index is 13.8. The molecule has 0 saturated carbocycles. The Hall–Kier alpha value is -2.63. The number of halogens is 4. The van der Waals surface area contributed by atoms with Crippen molar-refractivity contribution in [3.63, 3.8) is 0 Å². The van der Waals surface area contributed by atoms with Crippen LogP contribution < -0.4 is 16.6 Å². The number of aromatic amines is 1. The Morgan fingerprint density at radius 3 is 2.47 bits per heavy atom. The number of rotatable bonds is 3. The Bertz CT molecular complexity index is 1220. The first-order chi connectivity index (χ1) is 15.2. The number of nitrogens with one attached hydrogen (secondary N) is 2. The standard InChI is InChI=1S/C18H12F4N2O2S.C3H9NO/c19-10-4-2-9(3-5-10)13-12(18(20,21)22)8-11-14-15(13)27-7-1-6-24(14)17(26)23-16(11)25;1-4-2-3-5/h2-5,8H,1,6-7H2,(H,23,25,26);4-5H,2-3H2,1H3. The summed E-state index contributed by atoms with van der Waals surface area (Å²) in [5.74, 6) is -0.0834. The van der Waals surface area contributed by atoms with Crippen LogP contribution in [0.2, 0.25) is 0 Å². The molecular formula is C21H21F4N3O3S. The molecule has 0 spiro atoms. The Morgan fingerprint density at radius 1 is 1.22 bits per heavy atom. The normalized spacial score (nSPS) is 13.4. The fraction of sp³-hybridized carbons (Fsp3) is 0.333. The van der Waals surface area contributed by atoms with Gasteiger partial charge in [-0.05, 0) is 43.0 Å². The van der Waals surface area contributed by atoms with Crippen molar-refractivity contribution in [1.82, 2.24) is 14.9 Å². The molecule has 0 bridgehead atoms. The van der Waals surface area contributed by atoms with Gasteiger partial charge in [0, 0.05) is 23.5 Å². The Labute approximate surface area is 184 Å². The lowest BCUT2D eigenvalue weighted by atomic mass is 9.96. The highest BCUT2D eigenvalue weighted by molar-refractivity contribution is 7.99. The maximum atomic E-state index is 13.8. The zero-order valence-electron chi connectivity index (χ0n) is 17.1. The van der Waals surface area contributed by atoms with Crippen LogP contribution in [0, 0.1) is 5.82 Å². The average molecular weight is 471 g/mol. The van der Waals surface area contributed by atoms with E-state index in [-0.39, 0.29) is 33.5 Å².